The second-order valence-corrected chi connectivity index (χ2v) is 5.92. The lowest BCUT2D eigenvalue weighted by molar-refractivity contribution is -0.117. The molecule has 1 amide bonds. The van der Waals surface area contributed by atoms with Crippen molar-refractivity contribution in [3.8, 4) is 11.5 Å². The molecule has 0 aliphatic carbocycles. The molecule has 0 saturated heterocycles. The quantitative estimate of drug-likeness (QED) is 0.714. The molecule has 132 valence electrons. The molecule has 7 nitrogen and oxygen atoms in total. The fourth-order valence-corrected chi connectivity index (χ4v) is 2.83. The minimum atomic E-state index is -0.251. The third-order valence-corrected chi connectivity index (χ3v) is 4.14. The zero-order valence-corrected chi connectivity index (χ0v) is 14.0. The molecule has 0 bridgehead atoms. The number of carbonyl (C=O) groups is 2. The van der Waals surface area contributed by atoms with Crippen molar-refractivity contribution < 1.29 is 19.1 Å². The Morgan fingerprint density at radius 3 is 2.73 bits per heavy atom. The molecule has 1 aliphatic heterocycles. The van der Waals surface area contributed by atoms with Gasteiger partial charge in [-0.3, -0.25) is 15.0 Å². The maximum Gasteiger partial charge on any atom is 0.239 e. The number of ketones is 1. The summed E-state index contributed by atoms with van der Waals surface area (Å²) in [5.74, 6) is 0.834. The first-order valence-electron chi connectivity index (χ1n) is 8.35. The number of hydrogen-bond donors (Lipinski definition) is 1. The Labute approximate surface area is 149 Å². The van der Waals surface area contributed by atoms with Crippen LogP contribution < -0.4 is 14.9 Å². The fraction of sp³-hybridized carbons (Fsp3) is 0.211. The molecule has 3 aromatic rings. The number of carbonyl (C=O) groups excluding carboxylic acids is 2. The lowest BCUT2D eigenvalue weighted by Crippen LogP contribution is -2.22. The lowest BCUT2D eigenvalue weighted by Gasteiger charge is -2.18. The highest BCUT2D eigenvalue weighted by molar-refractivity contribution is 5.99. The van der Waals surface area contributed by atoms with E-state index in [-0.39, 0.29) is 24.5 Å². The third kappa shape index (κ3) is 3.23. The van der Waals surface area contributed by atoms with Crippen LogP contribution in [0.5, 0.6) is 11.5 Å². The molecule has 4 rings (SSSR count). The van der Waals surface area contributed by atoms with Gasteiger partial charge in [-0.15, -0.1) is 0 Å². The Hall–Kier alpha value is -3.35. The molecule has 1 aromatic heterocycles. The molecule has 1 aliphatic rings. The van der Waals surface area contributed by atoms with Gasteiger partial charge in [-0.05, 0) is 30.3 Å². The molecule has 0 saturated carbocycles. The molecular formula is C19H17N3O4. The zero-order chi connectivity index (χ0) is 17.9. The predicted molar refractivity (Wildman–Crippen MR) is 95.1 cm³/mol. The number of aromatic nitrogens is 2. The molecule has 0 spiro atoms. The van der Waals surface area contributed by atoms with Crippen LogP contribution >= 0.6 is 0 Å². The molecule has 7 heteroatoms. The van der Waals surface area contributed by atoms with E-state index in [9.17, 15) is 9.59 Å². The number of ether oxygens (including phenoxy) is 2. The van der Waals surface area contributed by atoms with Crippen LogP contribution in [0.3, 0.4) is 0 Å². The first-order chi connectivity index (χ1) is 12.7. The number of fused-ring (bicyclic) bond motifs is 2. The van der Waals surface area contributed by atoms with E-state index < -0.39 is 0 Å². The number of nitrogens with one attached hydrogen (secondary N) is 1. The third-order valence-electron chi connectivity index (χ3n) is 4.14. The minimum absolute atomic E-state index is 0.0831. The predicted octanol–water partition coefficient (Wildman–Crippen LogP) is 2.54. The maximum atomic E-state index is 12.4. The normalized spacial score (nSPS) is 12.8. The standard InChI is InChI=1S/C19H17N3O4/c23-16(13-5-7-17-18(11-13)26-10-9-25-17)6-8-19(24)21-22-12-20-14-3-1-2-4-15(14)22/h1-5,7,11-12H,6,8-10H2,(H,21,24). The van der Waals surface area contributed by atoms with E-state index in [0.29, 0.717) is 30.3 Å². The number of Topliss-reactive ketones (excluding diaryl/α,β-unsaturated/α-hetero) is 1. The van der Waals surface area contributed by atoms with Crippen LogP contribution in [0.2, 0.25) is 0 Å². The van der Waals surface area contributed by atoms with Crippen molar-refractivity contribution in [2.75, 3.05) is 18.6 Å². The number of benzene rings is 2. The summed E-state index contributed by atoms with van der Waals surface area (Å²) >= 11 is 0. The number of amides is 1. The molecule has 0 unspecified atom stereocenters. The number of nitrogens with zero attached hydrogens (tertiary/aromatic N) is 2. The summed E-state index contributed by atoms with van der Waals surface area (Å²) in [4.78, 5) is 28.7. The smallest absolute Gasteiger partial charge is 0.239 e. The number of para-hydroxylation sites is 2. The van der Waals surface area contributed by atoms with Gasteiger partial charge in [0.05, 0.1) is 11.0 Å². The first kappa shape index (κ1) is 16.1. The van der Waals surface area contributed by atoms with Crippen molar-refractivity contribution in [2.45, 2.75) is 12.8 Å². The van der Waals surface area contributed by atoms with Crippen LogP contribution in [0.1, 0.15) is 23.2 Å². The number of imidazole rings is 1. The van der Waals surface area contributed by atoms with Crippen molar-refractivity contribution in [1.82, 2.24) is 9.66 Å². The highest BCUT2D eigenvalue weighted by Crippen LogP contribution is 2.31. The molecule has 2 aromatic carbocycles. The molecule has 2 heterocycles. The van der Waals surface area contributed by atoms with Gasteiger partial charge < -0.3 is 9.47 Å². The van der Waals surface area contributed by atoms with E-state index in [1.807, 2.05) is 24.3 Å². The highest BCUT2D eigenvalue weighted by atomic mass is 16.6. The molecule has 0 radical (unpaired) electrons. The summed E-state index contributed by atoms with van der Waals surface area (Å²) in [6.07, 6.45) is 1.74. The summed E-state index contributed by atoms with van der Waals surface area (Å²) in [5, 5.41) is 0. The number of hydrogen-bond acceptors (Lipinski definition) is 5. The average Bonchev–Trinajstić information content (AvgIpc) is 3.08. The molecule has 26 heavy (non-hydrogen) atoms. The van der Waals surface area contributed by atoms with Gasteiger partial charge in [0, 0.05) is 18.4 Å². The average molecular weight is 351 g/mol. The second kappa shape index (κ2) is 6.87. The molecule has 0 atom stereocenters. The highest BCUT2D eigenvalue weighted by Gasteiger charge is 2.16. The van der Waals surface area contributed by atoms with Gasteiger partial charge >= 0.3 is 0 Å². The van der Waals surface area contributed by atoms with Crippen LogP contribution in [0.4, 0.5) is 0 Å². The van der Waals surface area contributed by atoms with E-state index in [2.05, 4.69) is 10.4 Å². The van der Waals surface area contributed by atoms with Gasteiger partial charge in [0.2, 0.25) is 5.91 Å². The minimum Gasteiger partial charge on any atom is -0.486 e. The summed E-state index contributed by atoms with van der Waals surface area (Å²) < 4.78 is 12.5. The SMILES string of the molecule is O=C(CCC(=O)c1ccc2c(c1)OCCO2)Nn1cnc2ccccc21. The van der Waals surface area contributed by atoms with Crippen molar-refractivity contribution in [2.24, 2.45) is 0 Å². The summed E-state index contributed by atoms with van der Waals surface area (Å²) in [7, 11) is 0. The van der Waals surface area contributed by atoms with E-state index in [1.165, 1.54) is 0 Å². The van der Waals surface area contributed by atoms with Crippen LogP contribution in [-0.4, -0.2) is 34.6 Å². The summed E-state index contributed by atoms with van der Waals surface area (Å²) in [6, 6.07) is 12.6. The second-order valence-electron chi connectivity index (χ2n) is 5.92. The van der Waals surface area contributed by atoms with Crippen molar-refractivity contribution in [1.29, 1.82) is 0 Å². The topological polar surface area (TPSA) is 82.5 Å². The van der Waals surface area contributed by atoms with Crippen molar-refractivity contribution >= 4 is 22.7 Å². The van der Waals surface area contributed by atoms with Gasteiger partial charge in [0.25, 0.3) is 0 Å². The Balaban J connectivity index is 1.37. The first-order valence-corrected chi connectivity index (χ1v) is 8.35. The number of rotatable bonds is 5. The largest absolute Gasteiger partial charge is 0.486 e. The Morgan fingerprint density at radius 1 is 1.04 bits per heavy atom. The lowest BCUT2D eigenvalue weighted by atomic mass is 10.1. The van der Waals surface area contributed by atoms with Gasteiger partial charge in [0.1, 0.15) is 19.5 Å². The Morgan fingerprint density at radius 2 is 1.85 bits per heavy atom. The maximum absolute atomic E-state index is 12.4. The monoisotopic (exact) mass is 351 g/mol. The van der Waals surface area contributed by atoms with Crippen LogP contribution in [0.25, 0.3) is 11.0 Å². The van der Waals surface area contributed by atoms with E-state index >= 15 is 0 Å². The summed E-state index contributed by atoms with van der Waals surface area (Å²) in [5.41, 5.74) is 4.85. The fourth-order valence-electron chi connectivity index (χ4n) is 2.83. The Kier molecular flexibility index (Phi) is 4.27. The summed E-state index contributed by atoms with van der Waals surface area (Å²) in [6.45, 7) is 0.968. The van der Waals surface area contributed by atoms with Crippen molar-refractivity contribution in [3.63, 3.8) is 0 Å². The van der Waals surface area contributed by atoms with Crippen LogP contribution in [0.15, 0.2) is 48.8 Å². The molecular weight excluding hydrogens is 334 g/mol. The van der Waals surface area contributed by atoms with Gasteiger partial charge in [-0.25, -0.2) is 9.66 Å². The molecule has 0 fully saturated rings. The van der Waals surface area contributed by atoms with E-state index in [4.69, 9.17) is 9.47 Å². The zero-order valence-electron chi connectivity index (χ0n) is 14.0. The van der Waals surface area contributed by atoms with Gasteiger partial charge in [-0.1, -0.05) is 12.1 Å². The molecule has 1 N–H and O–H groups in total. The van der Waals surface area contributed by atoms with E-state index in [1.54, 1.807) is 29.2 Å². The van der Waals surface area contributed by atoms with Crippen LogP contribution in [0, 0.1) is 0 Å². The van der Waals surface area contributed by atoms with E-state index in [0.717, 1.165) is 11.0 Å². The Bertz CT molecular complexity index is 980. The van der Waals surface area contributed by atoms with Crippen LogP contribution in [-0.2, 0) is 4.79 Å². The van der Waals surface area contributed by atoms with Gasteiger partial charge in [-0.2, -0.15) is 0 Å². The van der Waals surface area contributed by atoms with Gasteiger partial charge in [0.15, 0.2) is 17.3 Å². The van der Waals surface area contributed by atoms with Crippen molar-refractivity contribution in [3.05, 3.63) is 54.4 Å².